The van der Waals surface area contributed by atoms with E-state index in [2.05, 4.69) is 55.6 Å². The van der Waals surface area contributed by atoms with Crippen molar-refractivity contribution >= 4 is 5.91 Å². The third-order valence-electron chi connectivity index (χ3n) is 11.2. The largest absolute Gasteiger partial charge is 0.394 e. The molecule has 3 unspecified atom stereocenters. The van der Waals surface area contributed by atoms with Gasteiger partial charge in [0.05, 0.1) is 18.8 Å². The van der Waals surface area contributed by atoms with E-state index < -0.39 is 18.2 Å². The number of carbonyl (C=O) groups excluding carboxylic acids is 1. The van der Waals surface area contributed by atoms with Gasteiger partial charge in [-0.3, -0.25) is 4.79 Å². The Morgan fingerprint density at radius 2 is 0.782 bits per heavy atom. The van der Waals surface area contributed by atoms with Gasteiger partial charge in [-0.2, -0.15) is 0 Å². The Labute approximate surface area is 343 Å². The number of allylic oxidation sites excluding steroid dienone is 6. The molecule has 0 aromatic heterocycles. The quantitative estimate of drug-likeness (QED) is 0.0367. The van der Waals surface area contributed by atoms with Crippen molar-refractivity contribution < 1.29 is 20.1 Å². The van der Waals surface area contributed by atoms with E-state index in [1.165, 1.54) is 173 Å². The summed E-state index contributed by atoms with van der Waals surface area (Å²) in [6.45, 7) is 4.15. The standard InChI is InChI=1S/C50H95NO4/c1-3-5-7-9-11-13-15-17-19-21-22-23-24-25-26-27-29-30-32-34-36-38-40-42-44-48(53)50(55)47(46-52)51-49(54)45-43-41-39-37-35-33-31-28-20-18-16-14-12-10-8-6-4-2/h12,14,18,20,36,38,47-48,50,52-53,55H,3-11,13,15-17,19,21-35,37,39-46H2,1-2H3,(H,51,54)/b14-12-,20-18-,38-36+. The second-order valence-electron chi connectivity index (χ2n) is 16.7. The lowest BCUT2D eigenvalue weighted by atomic mass is 10.0. The highest BCUT2D eigenvalue weighted by atomic mass is 16.3. The first kappa shape index (κ1) is 53.6. The molecule has 5 nitrogen and oxygen atoms in total. The molecule has 0 saturated carbocycles. The van der Waals surface area contributed by atoms with Gasteiger partial charge in [-0.1, -0.05) is 211 Å². The number of rotatable bonds is 44. The smallest absolute Gasteiger partial charge is 0.220 e. The number of unbranched alkanes of at least 4 members (excludes halogenated alkanes) is 30. The number of hydrogen-bond acceptors (Lipinski definition) is 4. The highest BCUT2D eigenvalue weighted by Gasteiger charge is 2.26. The molecule has 0 aromatic carbocycles. The number of amides is 1. The number of aliphatic hydroxyl groups excluding tert-OH is 3. The fourth-order valence-electron chi connectivity index (χ4n) is 7.43. The molecule has 324 valence electrons. The first-order valence-electron chi connectivity index (χ1n) is 24.3. The van der Waals surface area contributed by atoms with Crippen molar-refractivity contribution in [3.05, 3.63) is 36.5 Å². The Kier molecular flexibility index (Phi) is 44.1. The van der Waals surface area contributed by atoms with Crippen LogP contribution in [-0.2, 0) is 4.79 Å². The van der Waals surface area contributed by atoms with Gasteiger partial charge in [-0.25, -0.2) is 0 Å². The van der Waals surface area contributed by atoms with E-state index in [1.807, 2.05) is 0 Å². The molecule has 0 spiro atoms. The van der Waals surface area contributed by atoms with Crippen LogP contribution in [0.25, 0.3) is 0 Å². The van der Waals surface area contributed by atoms with Crippen molar-refractivity contribution in [2.75, 3.05) is 6.61 Å². The molecule has 4 N–H and O–H groups in total. The van der Waals surface area contributed by atoms with Gasteiger partial charge in [-0.15, -0.1) is 0 Å². The van der Waals surface area contributed by atoms with Crippen molar-refractivity contribution in [2.24, 2.45) is 0 Å². The minimum Gasteiger partial charge on any atom is -0.394 e. The Bertz CT molecular complexity index is 855. The molecule has 0 aromatic rings. The van der Waals surface area contributed by atoms with E-state index in [4.69, 9.17) is 0 Å². The van der Waals surface area contributed by atoms with Crippen LogP contribution in [0.5, 0.6) is 0 Å². The SMILES string of the molecule is CCCCC/C=C\C/C=C\CCCCCCCCCC(=O)NC(CO)C(O)C(O)CCC/C=C/CCCCCCCCCCCCCCCCCCCCC. The van der Waals surface area contributed by atoms with Crippen LogP contribution in [0.3, 0.4) is 0 Å². The highest BCUT2D eigenvalue weighted by molar-refractivity contribution is 5.76. The third-order valence-corrected chi connectivity index (χ3v) is 11.2. The number of carbonyl (C=O) groups is 1. The van der Waals surface area contributed by atoms with Gasteiger partial charge in [0.1, 0.15) is 6.10 Å². The van der Waals surface area contributed by atoms with E-state index in [1.54, 1.807) is 0 Å². The Morgan fingerprint density at radius 1 is 0.455 bits per heavy atom. The highest BCUT2D eigenvalue weighted by Crippen LogP contribution is 2.16. The van der Waals surface area contributed by atoms with E-state index >= 15 is 0 Å². The van der Waals surface area contributed by atoms with Crippen LogP contribution in [0.2, 0.25) is 0 Å². The van der Waals surface area contributed by atoms with Crippen molar-refractivity contribution in [1.29, 1.82) is 0 Å². The summed E-state index contributed by atoms with van der Waals surface area (Å²) in [5.41, 5.74) is 0. The summed E-state index contributed by atoms with van der Waals surface area (Å²) in [6.07, 6.45) is 57.0. The van der Waals surface area contributed by atoms with E-state index in [0.717, 1.165) is 51.4 Å². The molecule has 3 atom stereocenters. The molecular formula is C50H95NO4. The van der Waals surface area contributed by atoms with Crippen LogP contribution < -0.4 is 5.32 Å². The van der Waals surface area contributed by atoms with Gasteiger partial charge in [0.2, 0.25) is 5.91 Å². The molecule has 0 fully saturated rings. The number of hydrogen-bond donors (Lipinski definition) is 4. The van der Waals surface area contributed by atoms with Crippen molar-refractivity contribution in [3.8, 4) is 0 Å². The summed E-state index contributed by atoms with van der Waals surface area (Å²) >= 11 is 0. The fraction of sp³-hybridized carbons (Fsp3) is 0.860. The number of aliphatic hydroxyl groups is 3. The van der Waals surface area contributed by atoms with Crippen LogP contribution in [-0.4, -0.2) is 46.1 Å². The van der Waals surface area contributed by atoms with Crippen LogP contribution in [0.4, 0.5) is 0 Å². The molecule has 1 amide bonds. The van der Waals surface area contributed by atoms with Gasteiger partial charge in [0.25, 0.3) is 0 Å². The zero-order valence-corrected chi connectivity index (χ0v) is 36.8. The second kappa shape index (κ2) is 45.3. The maximum absolute atomic E-state index is 12.4. The van der Waals surface area contributed by atoms with Crippen LogP contribution >= 0.6 is 0 Å². The normalized spacial score (nSPS) is 13.8. The van der Waals surface area contributed by atoms with Crippen molar-refractivity contribution in [3.63, 3.8) is 0 Å². The summed E-state index contributed by atoms with van der Waals surface area (Å²) in [5.74, 6) is -0.161. The maximum atomic E-state index is 12.4. The third kappa shape index (κ3) is 40.6. The average Bonchev–Trinajstić information content (AvgIpc) is 3.19. The van der Waals surface area contributed by atoms with Gasteiger partial charge >= 0.3 is 0 Å². The Balaban J connectivity index is 3.63. The van der Waals surface area contributed by atoms with Gasteiger partial charge < -0.3 is 20.6 Å². The molecule has 0 aliphatic rings. The minimum atomic E-state index is -1.16. The molecule has 0 aliphatic carbocycles. The molecule has 0 saturated heterocycles. The molecule has 0 heterocycles. The second-order valence-corrected chi connectivity index (χ2v) is 16.7. The monoisotopic (exact) mass is 774 g/mol. The maximum Gasteiger partial charge on any atom is 0.220 e. The average molecular weight is 774 g/mol. The molecule has 0 rings (SSSR count). The van der Waals surface area contributed by atoms with Gasteiger partial charge in [-0.05, 0) is 70.6 Å². The number of nitrogens with one attached hydrogen (secondary N) is 1. The molecule has 0 aliphatic heterocycles. The first-order chi connectivity index (χ1) is 27.1. The topological polar surface area (TPSA) is 89.8 Å². The van der Waals surface area contributed by atoms with E-state index in [0.29, 0.717) is 12.8 Å². The molecular weight excluding hydrogens is 679 g/mol. The van der Waals surface area contributed by atoms with Crippen LogP contribution in [0.1, 0.15) is 251 Å². The molecule has 0 radical (unpaired) electrons. The Hall–Kier alpha value is -1.43. The van der Waals surface area contributed by atoms with E-state index in [-0.39, 0.29) is 12.5 Å². The lowest BCUT2D eigenvalue weighted by Gasteiger charge is -2.26. The minimum absolute atomic E-state index is 0.161. The van der Waals surface area contributed by atoms with Crippen LogP contribution in [0, 0.1) is 0 Å². The van der Waals surface area contributed by atoms with Gasteiger partial charge in [0, 0.05) is 6.42 Å². The lowest BCUT2D eigenvalue weighted by Crippen LogP contribution is -2.50. The van der Waals surface area contributed by atoms with Gasteiger partial charge in [0.15, 0.2) is 0 Å². The summed E-state index contributed by atoms with van der Waals surface area (Å²) in [7, 11) is 0. The molecule has 0 bridgehead atoms. The summed E-state index contributed by atoms with van der Waals surface area (Å²) in [6, 6.07) is -0.830. The zero-order valence-electron chi connectivity index (χ0n) is 36.8. The molecule has 55 heavy (non-hydrogen) atoms. The molecule has 5 heteroatoms. The van der Waals surface area contributed by atoms with Crippen molar-refractivity contribution in [2.45, 2.75) is 270 Å². The lowest BCUT2D eigenvalue weighted by molar-refractivity contribution is -0.124. The van der Waals surface area contributed by atoms with Crippen molar-refractivity contribution in [1.82, 2.24) is 5.32 Å². The summed E-state index contributed by atoms with van der Waals surface area (Å²) < 4.78 is 0. The summed E-state index contributed by atoms with van der Waals surface area (Å²) in [5, 5.41) is 33.6. The van der Waals surface area contributed by atoms with Crippen LogP contribution in [0.15, 0.2) is 36.5 Å². The fourth-order valence-corrected chi connectivity index (χ4v) is 7.43. The predicted molar refractivity (Wildman–Crippen MR) is 241 cm³/mol. The van der Waals surface area contributed by atoms with E-state index in [9.17, 15) is 20.1 Å². The summed E-state index contributed by atoms with van der Waals surface area (Å²) in [4.78, 5) is 12.4. The predicted octanol–water partition coefficient (Wildman–Crippen LogP) is 14.3. The first-order valence-corrected chi connectivity index (χ1v) is 24.3. The zero-order chi connectivity index (χ0) is 40.1. The Morgan fingerprint density at radius 3 is 1.20 bits per heavy atom.